The number of aromatic nitrogens is 2. The van der Waals surface area contributed by atoms with E-state index < -0.39 is 0 Å². The number of hydrogen-bond donors (Lipinski definition) is 0. The fourth-order valence-corrected chi connectivity index (χ4v) is 1.61. The number of allylic oxidation sites excluding steroid dienone is 1. The lowest BCUT2D eigenvalue weighted by Gasteiger charge is -2.10. The number of benzene rings is 1. The molecule has 0 N–H and O–H groups in total. The van der Waals surface area contributed by atoms with Crippen LogP contribution in [0.5, 0.6) is 0 Å². The fraction of sp³-hybridized carbons (Fsp3) is 0.143. The van der Waals surface area contributed by atoms with Gasteiger partial charge in [-0.3, -0.25) is 9.36 Å². The van der Waals surface area contributed by atoms with E-state index in [1.807, 2.05) is 18.2 Å². The monoisotopic (exact) mass is 242 g/mol. The lowest BCUT2D eigenvalue weighted by molar-refractivity contribution is 0.201. The molecule has 0 aliphatic rings. The molecule has 0 aliphatic heterocycles. The average Bonchev–Trinajstić information content (AvgIpc) is 2.41. The first-order valence-electron chi connectivity index (χ1n) is 5.52. The Kier molecular flexibility index (Phi) is 3.28. The van der Waals surface area contributed by atoms with E-state index in [0.29, 0.717) is 22.5 Å². The normalized spacial score (nSPS) is 10.3. The standard InChI is InChI=1S/C14H14N2O2/c1-4-10(2)18-9-13-15-12-8-6-5-7-11(12)14(17)16(13)3/h4-8H,1-2,9H2,3H3. The lowest BCUT2D eigenvalue weighted by atomic mass is 10.2. The quantitative estimate of drug-likeness (QED) is 0.609. The minimum Gasteiger partial charge on any atom is -0.486 e. The van der Waals surface area contributed by atoms with Gasteiger partial charge in [0.2, 0.25) is 0 Å². The zero-order chi connectivity index (χ0) is 13.1. The fourth-order valence-electron chi connectivity index (χ4n) is 1.61. The molecule has 0 saturated carbocycles. The van der Waals surface area contributed by atoms with Crippen molar-refractivity contribution in [3.05, 3.63) is 65.4 Å². The average molecular weight is 242 g/mol. The van der Waals surface area contributed by atoms with Gasteiger partial charge in [0, 0.05) is 7.05 Å². The molecule has 4 nitrogen and oxygen atoms in total. The van der Waals surface area contributed by atoms with E-state index in [2.05, 4.69) is 18.1 Å². The van der Waals surface area contributed by atoms with Crippen LogP contribution in [0.4, 0.5) is 0 Å². The first-order valence-corrected chi connectivity index (χ1v) is 5.52. The van der Waals surface area contributed by atoms with E-state index >= 15 is 0 Å². The van der Waals surface area contributed by atoms with Gasteiger partial charge in [0.1, 0.15) is 18.2 Å². The van der Waals surface area contributed by atoms with Crippen LogP contribution in [0.25, 0.3) is 10.9 Å². The highest BCUT2D eigenvalue weighted by Crippen LogP contribution is 2.08. The topological polar surface area (TPSA) is 44.1 Å². The molecule has 0 radical (unpaired) electrons. The Balaban J connectivity index is 2.45. The van der Waals surface area contributed by atoms with Gasteiger partial charge in [0.25, 0.3) is 5.56 Å². The largest absolute Gasteiger partial charge is 0.486 e. The van der Waals surface area contributed by atoms with Crippen molar-refractivity contribution in [1.29, 1.82) is 0 Å². The summed E-state index contributed by atoms with van der Waals surface area (Å²) < 4.78 is 6.81. The maximum Gasteiger partial charge on any atom is 0.261 e. The van der Waals surface area contributed by atoms with Gasteiger partial charge in [0.15, 0.2) is 0 Å². The summed E-state index contributed by atoms with van der Waals surface area (Å²) in [4.78, 5) is 16.5. The number of hydrogen-bond acceptors (Lipinski definition) is 3. The molecule has 0 atom stereocenters. The number of fused-ring (bicyclic) bond motifs is 1. The Bertz CT molecular complexity index is 671. The van der Waals surface area contributed by atoms with E-state index in [9.17, 15) is 4.79 Å². The molecule has 0 amide bonds. The van der Waals surface area contributed by atoms with Crippen molar-refractivity contribution in [3.63, 3.8) is 0 Å². The van der Waals surface area contributed by atoms with Crippen LogP contribution in [0, 0.1) is 0 Å². The molecule has 1 aromatic carbocycles. The van der Waals surface area contributed by atoms with Gasteiger partial charge in [0.05, 0.1) is 10.9 Å². The Morgan fingerprint density at radius 2 is 2.22 bits per heavy atom. The van der Waals surface area contributed by atoms with Crippen molar-refractivity contribution in [3.8, 4) is 0 Å². The summed E-state index contributed by atoms with van der Waals surface area (Å²) in [5.41, 5.74) is 0.590. The first-order chi connectivity index (χ1) is 8.63. The van der Waals surface area contributed by atoms with Gasteiger partial charge in [-0.05, 0) is 18.2 Å². The number of para-hydroxylation sites is 1. The van der Waals surface area contributed by atoms with Crippen molar-refractivity contribution in [2.45, 2.75) is 6.61 Å². The molecule has 0 saturated heterocycles. The minimum atomic E-state index is -0.0802. The molecule has 1 aromatic heterocycles. The van der Waals surface area contributed by atoms with Gasteiger partial charge in [-0.1, -0.05) is 25.3 Å². The molecule has 2 aromatic rings. The van der Waals surface area contributed by atoms with E-state index in [4.69, 9.17) is 4.74 Å². The van der Waals surface area contributed by atoms with Crippen LogP contribution in [0.3, 0.4) is 0 Å². The number of rotatable bonds is 4. The van der Waals surface area contributed by atoms with Crippen LogP contribution < -0.4 is 5.56 Å². The van der Waals surface area contributed by atoms with Crippen molar-refractivity contribution in [2.75, 3.05) is 0 Å². The van der Waals surface area contributed by atoms with Crippen molar-refractivity contribution >= 4 is 10.9 Å². The van der Waals surface area contributed by atoms with Gasteiger partial charge in [-0.15, -0.1) is 0 Å². The van der Waals surface area contributed by atoms with Crippen molar-refractivity contribution < 1.29 is 4.74 Å². The summed E-state index contributed by atoms with van der Waals surface area (Å²) in [7, 11) is 1.68. The Hall–Kier alpha value is -2.36. The molecule has 1 heterocycles. The van der Waals surface area contributed by atoms with Crippen molar-refractivity contribution in [2.24, 2.45) is 7.05 Å². The van der Waals surface area contributed by atoms with Gasteiger partial charge < -0.3 is 4.74 Å². The number of nitrogens with zero attached hydrogens (tertiary/aromatic N) is 2. The van der Waals surface area contributed by atoms with Gasteiger partial charge in [-0.2, -0.15) is 0 Å². The third kappa shape index (κ3) is 2.18. The molecule has 0 spiro atoms. The van der Waals surface area contributed by atoms with Crippen LogP contribution in [0.15, 0.2) is 54.1 Å². The maximum atomic E-state index is 12.1. The van der Waals surface area contributed by atoms with Crippen LogP contribution in [0.1, 0.15) is 5.82 Å². The smallest absolute Gasteiger partial charge is 0.261 e. The van der Waals surface area contributed by atoms with Crippen molar-refractivity contribution in [1.82, 2.24) is 9.55 Å². The third-order valence-corrected chi connectivity index (χ3v) is 2.69. The molecule has 18 heavy (non-hydrogen) atoms. The Labute approximate surface area is 105 Å². The second-order valence-corrected chi connectivity index (χ2v) is 3.87. The summed E-state index contributed by atoms with van der Waals surface area (Å²) in [5, 5.41) is 0.603. The van der Waals surface area contributed by atoms with Gasteiger partial charge in [-0.25, -0.2) is 4.98 Å². The molecule has 0 bridgehead atoms. The summed E-state index contributed by atoms with van der Waals surface area (Å²) >= 11 is 0. The van der Waals surface area contributed by atoms with E-state index in [0.717, 1.165) is 0 Å². The summed E-state index contributed by atoms with van der Waals surface area (Å²) in [6.07, 6.45) is 1.51. The second-order valence-electron chi connectivity index (χ2n) is 3.87. The van der Waals surface area contributed by atoms with E-state index in [1.54, 1.807) is 13.1 Å². The molecule has 0 aliphatic carbocycles. The Morgan fingerprint density at radius 3 is 2.94 bits per heavy atom. The lowest BCUT2D eigenvalue weighted by Crippen LogP contribution is -2.22. The molecule has 2 rings (SSSR count). The zero-order valence-corrected chi connectivity index (χ0v) is 10.2. The predicted molar refractivity (Wildman–Crippen MR) is 71.1 cm³/mol. The SMILES string of the molecule is C=CC(=C)OCc1nc2ccccc2c(=O)n1C. The highest BCUT2D eigenvalue weighted by Gasteiger charge is 2.07. The predicted octanol–water partition coefficient (Wildman–Crippen LogP) is 2.15. The van der Waals surface area contributed by atoms with Crippen LogP contribution >= 0.6 is 0 Å². The third-order valence-electron chi connectivity index (χ3n) is 2.69. The first kappa shape index (κ1) is 12.1. The summed E-state index contributed by atoms with van der Waals surface area (Å²) in [6.45, 7) is 7.39. The second kappa shape index (κ2) is 4.87. The van der Waals surface area contributed by atoms with Crippen LogP contribution in [0.2, 0.25) is 0 Å². The van der Waals surface area contributed by atoms with Crippen LogP contribution in [-0.2, 0) is 18.4 Å². The van der Waals surface area contributed by atoms with E-state index in [-0.39, 0.29) is 12.2 Å². The molecule has 0 unspecified atom stereocenters. The van der Waals surface area contributed by atoms with E-state index in [1.165, 1.54) is 10.6 Å². The summed E-state index contributed by atoms with van der Waals surface area (Å²) in [5.74, 6) is 1.01. The zero-order valence-electron chi connectivity index (χ0n) is 10.2. The summed E-state index contributed by atoms with van der Waals surface area (Å²) in [6, 6.07) is 7.24. The highest BCUT2D eigenvalue weighted by atomic mass is 16.5. The minimum absolute atomic E-state index is 0.0802. The van der Waals surface area contributed by atoms with Crippen LogP contribution in [-0.4, -0.2) is 9.55 Å². The maximum absolute atomic E-state index is 12.1. The number of ether oxygens (including phenoxy) is 1. The molecule has 0 fully saturated rings. The molecular formula is C14H14N2O2. The molecular weight excluding hydrogens is 228 g/mol. The molecule has 92 valence electrons. The molecule has 4 heteroatoms. The Morgan fingerprint density at radius 1 is 1.50 bits per heavy atom. The highest BCUT2D eigenvalue weighted by molar-refractivity contribution is 5.77. The van der Waals surface area contributed by atoms with Gasteiger partial charge >= 0.3 is 0 Å².